The number of halogens is 3. The molecule has 1 aromatic rings. The molecule has 8 heteroatoms. The highest BCUT2D eigenvalue weighted by molar-refractivity contribution is 5.67. The molecule has 0 aromatic heterocycles. The summed E-state index contributed by atoms with van der Waals surface area (Å²) >= 11 is 0. The number of fused-ring (bicyclic) bond motifs is 1. The lowest BCUT2D eigenvalue weighted by atomic mass is 9.98. The Hall–Kier alpha value is -1.96. The molecule has 1 aliphatic heterocycles. The van der Waals surface area contributed by atoms with Gasteiger partial charge in [0.2, 0.25) is 0 Å². The van der Waals surface area contributed by atoms with Crippen LogP contribution in [0.15, 0.2) is 18.2 Å². The molecular weight excluding hydrogens is 337 g/mol. The van der Waals surface area contributed by atoms with E-state index in [1.807, 2.05) is 0 Å². The van der Waals surface area contributed by atoms with Crippen molar-refractivity contribution in [1.82, 2.24) is 10.6 Å². The van der Waals surface area contributed by atoms with Crippen LogP contribution in [-0.2, 0) is 10.9 Å². The van der Waals surface area contributed by atoms with Gasteiger partial charge in [-0.05, 0) is 32.9 Å². The zero-order chi connectivity index (χ0) is 18.7. The number of ether oxygens (including phenoxy) is 2. The van der Waals surface area contributed by atoms with Crippen LogP contribution >= 0.6 is 0 Å². The number of amides is 1. The van der Waals surface area contributed by atoms with Gasteiger partial charge >= 0.3 is 12.3 Å². The SMILES string of the molecule is CC(C)(C)OC(=O)NCCNC1CCOc2cc(C(F)(F)F)ccc21. The van der Waals surface area contributed by atoms with Gasteiger partial charge in [-0.25, -0.2) is 4.79 Å². The molecule has 1 atom stereocenters. The molecule has 1 aromatic carbocycles. The Bertz CT molecular complexity index is 612. The van der Waals surface area contributed by atoms with E-state index in [-0.39, 0.29) is 11.8 Å². The summed E-state index contributed by atoms with van der Waals surface area (Å²) in [5.74, 6) is 0.249. The highest BCUT2D eigenvalue weighted by atomic mass is 19.4. The Balaban J connectivity index is 1.88. The Morgan fingerprint density at radius 1 is 1.28 bits per heavy atom. The Kier molecular flexibility index (Phi) is 5.82. The van der Waals surface area contributed by atoms with Crippen LogP contribution in [-0.4, -0.2) is 31.4 Å². The summed E-state index contributed by atoms with van der Waals surface area (Å²) in [7, 11) is 0. The summed E-state index contributed by atoms with van der Waals surface area (Å²) < 4.78 is 48.8. The van der Waals surface area contributed by atoms with Gasteiger partial charge in [-0.1, -0.05) is 6.07 Å². The number of alkyl carbamates (subject to hydrolysis) is 1. The Morgan fingerprint density at radius 3 is 2.64 bits per heavy atom. The van der Waals surface area contributed by atoms with E-state index in [0.717, 1.165) is 12.1 Å². The van der Waals surface area contributed by atoms with Gasteiger partial charge < -0.3 is 20.1 Å². The average molecular weight is 360 g/mol. The van der Waals surface area contributed by atoms with E-state index in [1.165, 1.54) is 6.07 Å². The summed E-state index contributed by atoms with van der Waals surface area (Å²) in [6, 6.07) is 3.41. The van der Waals surface area contributed by atoms with Crippen molar-refractivity contribution in [2.24, 2.45) is 0 Å². The first-order valence-corrected chi connectivity index (χ1v) is 8.10. The molecule has 0 spiro atoms. The van der Waals surface area contributed by atoms with Crippen molar-refractivity contribution in [3.63, 3.8) is 0 Å². The van der Waals surface area contributed by atoms with E-state index in [2.05, 4.69) is 10.6 Å². The molecule has 0 saturated heterocycles. The van der Waals surface area contributed by atoms with Gasteiger partial charge in [0, 0.05) is 31.1 Å². The van der Waals surface area contributed by atoms with Crippen molar-refractivity contribution >= 4 is 6.09 Å². The molecule has 140 valence electrons. The topological polar surface area (TPSA) is 59.6 Å². The summed E-state index contributed by atoms with van der Waals surface area (Å²) in [5, 5.41) is 5.85. The third kappa shape index (κ3) is 5.81. The standard InChI is InChI=1S/C17H23F3N2O3/c1-16(2,3)25-15(23)22-8-7-21-13-6-9-24-14-10-11(17(18,19)20)4-5-12(13)14/h4-5,10,13,21H,6-9H2,1-3H3,(H,22,23). The third-order valence-electron chi connectivity index (χ3n) is 3.56. The lowest BCUT2D eigenvalue weighted by molar-refractivity contribution is -0.137. The molecule has 5 nitrogen and oxygen atoms in total. The maximum atomic E-state index is 12.8. The van der Waals surface area contributed by atoms with Crippen molar-refractivity contribution in [1.29, 1.82) is 0 Å². The summed E-state index contributed by atoms with van der Waals surface area (Å²) in [4.78, 5) is 11.6. The first-order valence-electron chi connectivity index (χ1n) is 8.10. The van der Waals surface area contributed by atoms with Crippen molar-refractivity contribution in [3.8, 4) is 5.75 Å². The van der Waals surface area contributed by atoms with Crippen LogP contribution in [0, 0.1) is 0 Å². The van der Waals surface area contributed by atoms with Gasteiger partial charge in [0.1, 0.15) is 11.4 Å². The third-order valence-corrected chi connectivity index (χ3v) is 3.56. The van der Waals surface area contributed by atoms with Crippen LogP contribution in [0.3, 0.4) is 0 Å². The lowest BCUT2D eigenvalue weighted by Gasteiger charge is -2.27. The van der Waals surface area contributed by atoms with Gasteiger partial charge in [-0.2, -0.15) is 13.2 Å². The van der Waals surface area contributed by atoms with Crippen molar-refractivity contribution in [3.05, 3.63) is 29.3 Å². The number of nitrogens with one attached hydrogen (secondary N) is 2. The molecule has 0 radical (unpaired) electrons. The monoisotopic (exact) mass is 360 g/mol. The second-order valence-corrected chi connectivity index (χ2v) is 6.82. The molecule has 1 unspecified atom stereocenters. The van der Waals surface area contributed by atoms with Crippen LogP contribution in [0.4, 0.5) is 18.0 Å². The van der Waals surface area contributed by atoms with Crippen LogP contribution in [0.25, 0.3) is 0 Å². The fourth-order valence-corrected chi connectivity index (χ4v) is 2.50. The fourth-order valence-electron chi connectivity index (χ4n) is 2.50. The number of carbonyl (C=O) groups is 1. The van der Waals surface area contributed by atoms with Gasteiger partial charge in [-0.3, -0.25) is 0 Å². The van der Waals surface area contributed by atoms with Crippen molar-refractivity contribution in [2.75, 3.05) is 19.7 Å². The molecule has 1 aliphatic rings. The quantitative estimate of drug-likeness (QED) is 0.805. The van der Waals surface area contributed by atoms with Crippen LogP contribution in [0.2, 0.25) is 0 Å². The number of hydrogen-bond acceptors (Lipinski definition) is 4. The second kappa shape index (κ2) is 7.51. The largest absolute Gasteiger partial charge is 0.493 e. The van der Waals surface area contributed by atoms with Crippen molar-refractivity contribution in [2.45, 2.75) is 45.0 Å². The smallest absolute Gasteiger partial charge is 0.416 e. The molecular formula is C17H23F3N2O3. The van der Waals surface area contributed by atoms with Gasteiger partial charge in [0.15, 0.2) is 0 Å². The van der Waals surface area contributed by atoms with Crippen LogP contribution < -0.4 is 15.4 Å². The van der Waals surface area contributed by atoms with Gasteiger partial charge in [0.05, 0.1) is 12.2 Å². The minimum atomic E-state index is -4.39. The first-order chi connectivity index (χ1) is 11.6. The van der Waals surface area contributed by atoms with E-state index < -0.39 is 23.4 Å². The minimum absolute atomic E-state index is 0.119. The first kappa shape index (κ1) is 19.4. The van der Waals surface area contributed by atoms with E-state index >= 15 is 0 Å². The number of benzene rings is 1. The van der Waals surface area contributed by atoms with E-state index in [4.69, 9.17) is 9.47 Å². The molecule has 0 fully saturated rings. The normalized spacial score (nSPS) is 17.4. The number of hydrogen-bond donors (Lipinski definition) is 2. The van der Waals surface area contributed by atoms with Gasteiger partial charge in [-0.15, -0.1) is 0 Å². The number of alkyl halides is 3. The molecule has 1 heterocycles. The van der Waals surface area contributed by atoms with Crippen LogP contribution in [0.1, 0.15) is 44.4 Å². The highest BCUT2D eigenvalue weighted by Gasteiger charge is 2.32. The zero-order valence-corrected chi connectivity index (χ0v) is 14.5. The Labute approximate surface area is 144 Å². The van der Waals surface area contributed by atoms with E-state index in [1.54, 1.807) is 20.8 Å². The predicted molar refractivity (Wildman–Crippen MR) is 86.5 cm³/mol. The lowest BCUT2D eigenvalue weighted by Crippen LogP contribution is -2.38. The second-order valence-electron chi connectivity index (χ2n) is 6.82. The van der Waals surface area contributed by atoms with E-state index in [9.17, 15) is 18.0 Å². The maximum Gasteiger partial charge on any atom is 0.416 e. The van der Waals surface area contributed by atoms with Crippen LogP contribution in [0.5, 0.6) is 5.75 Å². The molecule has 1 amide bonds. The molecule has 25 heavy (non-hydrogen) atoms. The highest BCUT2D eigenvalue weighted by Crippen LogP contribution is 2.37. The molecule has 0 saturated carbocycles. The Morgan fingerprint density at radius 2 is 2.00 bits per heavy atom. The predicted octanol–water partition coefficient (Wildman–Crippen LogP) is 3.64. The van der Waals surface area contributed by atoms with E-state index in [0.29, 0.717) is 31.7 Å². The molecule has 0 bridgehead atoms. The fraction of sp³-hybridized carbons (Fsp3) is 0.588. The number of carbonyl (C=O) groups excluding carboxylic acids is 1. The van der Waals surface area contributed by atoms with Crippen molar-refractivity contribution < 1.29 is 27.4 Å². The molecule has 2 rings (SSSR count). The summed E-state index contributed by atoms with van der Waals surface area (Å²) in [6.45, 7) is 6.48. The summed E-state index contributed by atoms with van der Waals surface area (Å²) in [6.07, 6.45) is -4.25. The zero-order valence-electron chi connectivity index (χ0n) is 14.5. The molecule has 0 aliphatic carbocycles. The van der Waals surface area contributed by atoms with Gasteiger partial charge in [0.25, 0.3) is 0 Å². The maximum absolute atomic E-state index is 12.8. The average Bonchev–Trinajstić information content (AvgIpc) is 2.48. The number of rotatable bonds is 4. The minimum Gasteiger partial charge on any atom is -0.493 e. The summed E-state index contributed by atoms with van der Waals surface area (Å²) in [5.41, 5.74) is -0.595. The molecule has 2 N–H and O–H groups in total.